The van der Waals surface area contributed by atoms with Crippen molar-refractivity contribution < 1.29 is 19.3 Å². The van der Waals surface area contributed by atoms with Crippen LogP contribution < -0.4 is 0 Å². The molecular weight excluding hydrogens is 424 g/mol. The molecule has 4 heteroatoms. The van der Waals surface area contributed by atoms with Gasteiger partial charge >= 0.3 is 5.97 Å². The van der Waals surface area contributed by atoms with Crippen LogP contribution in [0.25, 0.3) is 0 Å². The standard InChI is InChI=1S/C30H46O4/c1-19(2)20(3)8-9-21(4)24-10-11-25-27(24,6)14-13-26-28(7)15-12-23(32-22(5)31)18-29(28)16-17-30(25,26)34-33-29/h8-9,16-17,19-21,23-26H,10-15,18H2,1-7H3. The Hall–Kier alpha value is -1.13. The number of carbonyl (C=O) groups is 1. The molecule has 2 bridgehead atoms. The van der Waals surface area contributed by atoms with Crippen molar-refractivity contribution in [1.82, 2.24) is 0 Å². The zero-order valence-corrected chi connectivity index (χ0v) is 22.4. The fourth-order valence-corrected chi connectivity index (χ4v) is 9.03. The molecule has 0 N–H and O–H groups in total. The normalized spacial score (nSPS) is 48.9. The van der Waals surface area contributed by atoms with Gasteiger partial charge in [-0.1, -0.05) is 59.8 Å². The Balaban J connectivity index is 1.42. The number of ether oxygens (including phenoxy) is 1. The minimum Gasteiger partial charge on any atom is -0.462 e. The van der Waals surface area contributed by atoms with Gasteiger partial charge in [-0.25, -0.2) is 9.78 Å². The summed E-state index contributed by atoms with van der Waals surface area (Å²) >= 11 is 0. The second-order valence-electron chi connectivity index (χ2n) is 13.3. The molecule has 0 radical (unpaired) electrons. The summed E-state index contributed by atoms with van der Waals surface area (Å²) in [4.78, 5) is 24.6. The SMILES string of the molecule is CC(=O)OC1CCC2(C)C3CCC4(C)C(C(C)C=CC(C)C(C)C)CCC4C34C=CC2(C1)OO4. The van der Waals surface area contributed by atoms with Crippen molar-refractivity contribution in [2.24, 2.45) is 46.3 Å². The van der Waals surface area contributed by atoms with Gasteiger partial charge in [-0.05, 0) is 73.7 Å². The summed E-state index contributed by atoms with van der Waals surface area (Å²) in [7, 11) is 0. The second-order valence-corrected chi connectivity index (χ2v) is 13.3. The molecule has 0 aromatic rings. The highest BCUT2D eigenvalue weighted by molar-refractivity contribution is 5.66. The smallest absolute Gasteiger partial charge is 0.302 e. The number of hydrogen-bond donors (Lipinski definition) is 0. The third-order valence-corrected chi connectivity index (χ3v) is 11.4. The molecule has 34 heavy (non-hydrogen) atoms. The first kappa shape index (κ1) is 24.6. The van der Waals surface area contributed by atoms with E-state index in [1.165, 1.54) is 32.6 Å². The molecule has 0 aromatic carbocycles. The van der Waals surface area contributed by atoms with E-state index < -0.39 is 5.60 Å². The lowest BCUT2D eigenvalue weighted by molar-refractivity contribution is -0.497. The molecular formula is C30H46O4. The zero-order chi connectivity index (χ0) is 24.5. The molecule has 3 saturated carbocycles. The number of hydrogen-bond acceptors (Lipinski definition) is 4. The number of allylic oxidation sites excluding steroid dienone is 2. The minimum atomic E-state index is -0.480. The molecule has 2 heterocycles. The Kier molecular flexibility index (Phi) is 5.92. The number of rotatable bonds is 5. The number of esters is 1. The van der Waals surface area contributed by atoms with E-state index in [9.17, 15) is 4.79 Å². The van der Waals surface area contributed by atoms with Gasteiger partial charge in [0.05, 0.1) is 0 Å². The molecule has 4 fully saturated rings. The first-order valence-corrected chi connectivity index (χ1v) is 13.9. The molecule has 0 amide bonds. The molecule has 10 unspecified atom stereocenters. The van der Waals surface area contributed by atoms with E-state index in [2.05, 4.69) is 65.8 Å². The van der Waals surface area contributed by atoms with Gasteiger partial charge in [-0.2, -0.15) is 0 Å². The van der Waals surface area contributed by atoms with Gasteiger partial charge in [0.15, 0.2) is 0 Å². The highest BCUT2D eigenvalue weighted by atomic mass is 17.2. The Morgan fingerprint density at radius 3 is 2.38 bits per heavy atom. The van der Waals surface area contributed by atoms with E-state index in [-0.39, 0.29) is 28.5 Å². The summed E-state index contributed by atoms with van der Waals surface area (Å²) in [5, 5.41) is 0. The first-order chi connectivity index (χ1) is 16.0. The summed E-state index contributed by atoms with van der Waals surface area (Å²) in [6.07, 6.45) is 17.1. The van der Waals surface area contributed by atoms with Crippen LogP contribution in [0.4, 0.5) is 0 Å². The van der Waals surface area contributed by atoms with Crippen molar-refractivity contribution in [3.63, 3.8) is 0 Å². The van der Waals surface area contributed by atoms with Crippen LogP contribution in [0.1, 0.15) is 93.4 Å². The van der Waals surface area contributed by atoms with Crippen molar-refractivity contribution in [2.45, 2.75) is 111 Å². The average molecular weight is 471 g/mol. The fraction of sp³-hybridized carbons (Fsp3) is 0.833. The summed E-state index contributed by atoms with van der Waals surface area (Å²) in [5.74, 6) is 3.30. The van der Waals surface area contributed by atoms with E-state index in [1.807, 2.05) is 0 Å². The molecule has 4 aliphatic carbocycles. The molecule has 1 saturated heterocycles. The van der Waals surface area contributed by atoms with Crippen LogP contribution in [0.2, 0.25) is 0 Å². The van der Waals surface area contributed by atoms with Gasteiger partial charge in [-0.15, -0.1) is 0 Å². The molecule has 6 aliphatic rings. The topological polar surface area (TPSA) is 44.8 Å². The van der Waals surface area contributed by atoms with E-state index in [1.54, 1.807) is 0 Å². The van der Waals surface area contributed by atoms with E-state index >= 15 is 0 Å². The van der Waals surface area contributed by atoms with Gasteiger partial charge in [0, 0.05) is 30.6 Å². The van der Waals surface area contributed by atoms with Gasteiger partial charge in [-0.3, -0.25) is 4.79 Å². The molecule has 4 nitrogen and oxygen atoms in total. The fourth-order valence-electron chi connectivity index (χ4n) is 9.03. The highest BCUT2D eigenvalue weighted by Gasteiger charge is 2.74. The van der Waals surface area contributed by atoms with Gasteiger partial charge in [0.2, 0.25) is 0 Å². The lowest BCUT2D eigenvalue weighted by Crippen LogP contribution is -2.73. The molecule has 10 atom stereocenters. The monoisotopic (exact) mass is 470 g/mol. The first-order valence-electron chi connectivity index (χ1n) is 13.9. The third-order valence-electron chi connectivity index (χ3n) is 11.4. The average Bonchev–Trinajstić information content (AvgIpc) is 3.14. The third kappa shape index (κ3) is 3.34. The quantitative estimate of drug-likeness (QED) is 0.245. The maximum Gasteiger partial charge on any atom is 0.302 e. The van der Waals surface area contributed by atoms with E-state index in [4.69, 9.17) is 14.5 Å². The molecule has 190 valence electrons. The van der Waals surface area contributed by atoms with Crippen LogP contribution in [-0.4, -0.2) is 23.3 Å². The van der Waals surface area contributed by atoms with Crippen molar-refractivity contribution in [3.8, 4) is 0 Å². The lowest BCUT2D eigenvalue weighted by atomic mass is 9.42. The minimum absolute atomic E-state index is 0.0221. The zero-order valence-electron chi connectivity index (χ0n) is 22.4. The predicted molar refractivity (Wildman–Crippen MR) is 134 cm³/mol. The summed E-state index contributed by atoms with van der Waals surface area (Å²) < 4.78 is 5.63. The molecule has 2 aliphatic heterocycles. The van der Waals surface area contributed by atoms with Crippen LogP contribution in [0.3, 0.4) is 0 Å². The van der Waals surface area contributed by atoms with Crippen LogP contribution in [0.5, 0.6) is 0 Å². The van der Waals surface area contributed by atoms with E-state index in [0.717, 1.165) is 12.8 Å². The van der Waals surface area contributed by atoms with Gasteiger partial charge in [0.25, 0.3) is 0 Å². The largest absolute Gasteiger partial charge is 0.462 e. The van der Waals surface area contributed by atoms with Gasteiger partial charge in [0.1, 0.15) is 17.3 Å². The summed E-state index contributed by atoms with van der Waals surface area (Å²) in [5.41, 5.74) is -0.514. The summed E-state index contributed by atoms with van der Waals surface area (Å²) in [6.45, 7) is 15.9. The predicted octanol–water partition coefficient (Wildman–Crippen LogP) is 7.04. The van der Waals surface area contributed by atoms with Crippen LogP contribution in [0, 0.1) is 46.3 Å². The molecule has 0 aromatic heterocycles. The summed E-state index contributed by atoms with van der Waals surface area (Å²) in [6, 6.07) is 0. The van der Waals surface area contributed by atoms with Gasteiger partial charge < -0.3 is 4.74 Å². The van der Waals surface area contributed by atoms with Crippen LogP contribution >= 0.6 is 0 Å². The Morgan fingerprint density at radius 1 is 0.971 bits per heavy atom. The lowest BCUT2D eigenvalue weighted by Gasteiger charge is -2.69. The number of fused-ring (bicyclic) bond motifs is 2. The molecule has 2 spiro atoms. The Bertz CT molecular complexity index is 877. The molecule has 6 rings (SSSR count). The van der Waals surface area contributed by atoms with Crippen molar-refractivity contribution in [2.75, 3.05) is 0 Å². The van der Waals surface area contributed by atoms with Crippen molar-refractivity contribution >= 4 is 5.97 Å². The highest BCUT2D eigenvalue weighted by Crippen LogP contribution is 2.72. The van der Waals surface area contributed by atoms with Crippen LogP contribution in [0.15, 0.2) is 24.3 Å². The van der Waals surface area contributed by atoms with Crippen molar-refractivity contribution in [1.29, 1.82) is 0 Å². The Morgan fingerprint density at radius 2 is 1.74 bits per heavy atom. The Labute approximate surface area is 206 Å². The maximum absolute atomic E-state index is 11.6. The van der Waals surface area contributed by atoms with Crippen molar-refractivity contribution in [3.05, 3.63) is 24.3 Å². The number of carbonyl (C=O) groups excluding carboxylic acids is 1. The second kappa shape index (κ2) is 8.20. The maximum atomic E-state index is 11.6. The van der Waals surface area contributed by atoms with E-state index in [0.29, 0.717) is 41.9 Å². The van der Waals surface area contributed by atoms with Crippen LogP contribution in [-0.2, 0) is 19.3 Å².